The zero-order valence-corrected chi connectivity index (χ0v) is 17.8. The van der Waals surface area contributed by atoms with Crippen LogP contribution in [-0.2, 0) is 0 Å². The molecular weight excluding hydrogens is 423 g/mol. The van der Waals surface area contributed by atoms with E-state index in [1.165, 1.54) is 18.2 Å². The van der Waals surface area contributed by atoms with Gasteiger partial charge >= 0.3 is 6.36 Å². The van der Waals surface area contributed by atoms with E-state index < -0.39 is 6.36 Å². The molecule has 7 nitrogen and oxygen atoms in total. The number of fused-ring (bicyclic) bond motifs is 1. The van der Waals surface area contributed by atoms with Crippen LogP contribution < -0.4 is 14.8 Å². The molecule has 11 heteroatoms. The van der Waals surface area contributed by atoms with Crippen molar-refractivity contribution < 1.29 is 35.0 Å². The highest BCUT2D eigenvalue weighted by Gasteiger charge is 2.31. The molecule has 3 aromatic rings. The fourth-order valence-electron chi connectivity index (χ4n) is 2.04. The topological polar surface area (TPSA) is 122 Å². The van der Waals surface area contributed by atoms with Crippen LogP contribution in [0.5, 0.6) is 17.5 Å². The van der Waals surface area contributed by atoms with Crippen LogP contribution in [0.3, 0.4) is 0 Å². The van der Waals surface area contributed by atoms with Crippen molar-refractivity contribution in [2.24, 2.45) is 0 Å². The van der Waals surface area contributed by atoms with E-state index in [2.05, 4.69) is 53.4 Å². The summed E-state index contributed by atoms with van der Waals surface area (Å²) in [7, 11) is 1.79. The summed E-state index contributed by atoms with van der Waals surface area (Å²) in [6, 6.07) is 10.9. The van der Waals surface area contributed by atoms with Crippen LogP contribution in [0.25, 0.3) is 11.0 Å². The molecule has 1 aromatic heterocycles. The summed E-state index contributed by atoms with van der Waals surface area (Å²) in [6.45, 7) is 6.16. The van der Waals surface area contributed by atoms with Gasteiger partial charge in [-0.15, -0.1) is 13.2 Å². The molecule has 0 atom stereocenters. The molecule has 170 valence electrons. The fourth-order valence-corrected chi connectivity index (χ4v) is 2.04. The van der Waals surface area contributed by atoms with Crippen molar-refractivity contribution in [2.75, 3.05) is 12.4 Å². The number of hydrogen-bond acceptors (Lipinski definition) is 5. The van der Waals surface area contributed by atoms with E-state index >= 15 is 0 Å². The number of anilines is 1. The number of halogens is 3. The minimum Gasteiger partial charge on any atom is -0.425 e. The molecular formula is C19H28F3N3O4S. The number of aromatic amines is 1. The normalized spacial score (nSPS) is 10.8. The lowest BCUT2D eigenvalue weighted by Gasteiger charge is -2.09. The molecule has 30 heavy (non-hydrogen) atoms. The summed E-state index contributed by atoms with van der Waals surface area (Å²) < 4.78 is 46.2. The van der Waals surface area contributed by atoms with Crippen molar-refractivity contribution >= 4 is 29.3 Å². The average Bonchev–Trinajstić information content (AvgIpc) is 2.93. The molecule has 1 heterocycles. The van der Waals surface area contributed by atoms with Gasteiger partial charge in [-0.05, 0) is 30.3 Å². The number of hydrogen-bond donors (Lipinski definition) is 3. The maximum absolute atomic E-state index is 12.2. The molecule has 0 radical (unpaired) electrons. The van der Waals surface area contributed by atoms with E-state index in [4.69, 9.17) is 4.74 Å². The highest BCUT2D eigenvalue weighted by molar-refractivity contribution is 7.81. The number of ether oxygens (including phenoxy) is 2. The summed E-state index contributed by atoms with van der Waals surface area (Å²) in [4.78, 5) is 7.17. The average molecular weight is 452 g/mol. The molecule has 2 aromatic carbocycles. The lowest BCUT2D eigenvalue weighted by Crippen LogP contribution is -2.17. The van der Waals surface area contributed by atoms with Gasteiger partial charge in [0.1, 0.15) is 11.5 Å². The number of H-pyrrole nitrogens is 1. The highest BCUT2D eigenvalue weighted by atomic mass is 32.1. The van der Waals surface area contributed by atoms with Gasteiger partial charge in [-0.1, -0.05) is 26.8 Å². The quantitative estimate of drug-likeness (QED) is 0.502. The van der Waals surface area contributed by atoms with Crippen LogP contribution in [0.1, 0.15) is 22.2 Å². The predicted octanol–water partition coefficient (Wildman–Crippen LogP) is 4.61. The molecule has 6 N–H and O–H groups in total. The van der Waals surface area contributed by atoms with Gasteiger partial charge < -0.3 is 30.7 Å². The molecule has 0 aliphatic carbocycles. The Morgan fingerprint density at radius 2 is 1.63 bits per heavy atom. The first kappa shape index (κ1) is 27.4. The van der Waals surface area contributed by atoms with E-state index in [1.54, 1.807) is 13.1 Å². The van der Waals surface area contributed by atoms with E-state index in [-0.39, 0.29) is 34.6 Å². The number of aromatic nitrogens is 2. The van der Waals surface area contributed by atoms with Crippen LogP contribution in [0.4, 0.5) is 18.9 Å². The third kappa shape index (κ3) is 9.72. The second-order valence-electron chi connectivity index (χ2n) is 6.82. The second-order valence-corrected chi connectivity index (χ2v) is 8.16. The van der Waals surface area contributed by atoms with Crippen LogP contribution in [0.2, 0.25) is 0 Å². The maximum Gasteiger partial charge on any atom is 0.573 e. The molecule has 0 saturated carbocycles. The predicted molar refractivity (Wildman–Crippen MR) is 117 cm³/mol. The minimum atomic E-state index is -4.75. The molecule has 0 aliphatic heterocycles. The van der Waals surface area contributed by atoms with E-state index in [9.17, 15) is 13.2 Å². The molecule has 0 saturated heterocycles. The zero-order chi connectivity index (χ0) is 20.9. The summed E-state index contributed by atoms with van der Waals surface area (Å²) in [5, 5.41) is 3.00. The molecule has 0 fully saturated rings. The van der Waals surface area contributed by atoms with Gasteiger partial charge in [-0.2, -0.15) is 17.6 Å². The third-order valence-corrected chi connectivity index (χ3v) is 3.00. The van der Waals surface area contributed by atoms with Crippen molar-refractivity contribution in [3.8, 4) is 17.5 Å². The standard InChI is InChI=1S/C15H12F3N3O2.C4H10S.2H2O.H2/c1-19-9-5-6-12-13(7-9)21-14(20-12)22-10-3-2-4-11(8-10)23-15(16,17)18;1-4(2,3)5;;;/h2-8,19H,1H3,(H,20,21);5H,1-3H3;2*1H2;1H. The Hall–Kier alpha value is -2.63. The number of nitrogens with zero attached hydrogens (tertiary/aromatic N) is 1. The monoisotopic (exact) mass is 451 g/mol. The van der Waals surface area contributed by atoms with Gasteiger partial charge in [0.25, 0.3) is 6.01 Å². The minimum absolute atomic E-state index is 0. The van der Waals surface area contributed by atoms with Crippen molar-refractivity contribution in [1.29, 1.82) is 0 Å². The first-order valence-corrected chi connectivity index (χ1v) is 8.81. The molecule has 0 bridgehead atoms. The summed E-state index contributed by atoms with van der Waals surface area (Å²) >= 11 is 4.12. The third-order valence-electron chi connectivity index (χ3n) is 3.00. The lowest BCUT2D eigenvalue weighted by molar-refractivity contribution is -0.274. The Labute approximate surface area is 179 Å². The van der Waals surface area contributed by atoms with E-state index in [1.807, 2.05) is 12.1 Å². The number of nitrogens with one attached hydrogen (secondary N) is 2. The Morgan fingerprint density at radius 3 is 2.20 bits per heavy atom. The Bertz CT molecular complexity index is 928. The summed E-state index contributed by atoms with van der Waals surface area (Å²) in [5.74, 6) is -0.178. The summed E-state index contributed by atoms with van der Waals surface area (Å²) in [6.07, 6.45) is -4.75. The highest BCUT2D eigenvalue weighted by Crippen LogP contribution is 2.29. The SMILES string of the molecule is CC(C)(C)S.CNc1ccc2nc(Oc3cccc(OC(F)(F)F)c3)[nH]c2c1.O.O.[HH]. The second kappa shape index (κ2) is 11.0. The maximum atomic E-state index is 12.2. The molecule has 0 amide bonds. The van der Waals surface area contributed by atoms with Crippen molar-refractivity contribution in [1.82, 2.24) is 9.97 Å². The largest absolute Gasteiger partial charge is 0.573 e. The van der Waals surface area contributed by atoms with Crippen molar-refractivity contribution in [2.45, 2.75) is 31.9 Å². The van der Waals surface area contributed by atoms with Crippen LogP contribution >= 0.6 is 12.6 Å². The lowest BCUT2D eigenvalue weighted by atomic mass is 10.3. The summed E-state index contributed by atoms with van der Waals surface area (Å²) in [5.41, 5.74) is 2.32. The van der Waals surface area contributed by atoms with Crippen molar-refractivity contribution in [3.63, 3.8) is 0 Å². The molecule has 3 rings (SSSR count). The van der Waals surface area contributed by atoms with Gasteiger partial charge in [-0.25, -0.2) is 0 Å². The smallest absolute Gasteiger partial charge is 0.425 e. The van der Waals surface area contributed by atoms with Crippen LogP contribution in [-0.4, -0.2) is 39.1 Å². The number of alkyl halides is 3. The van der Waals surface area contributed by atoms with E-state index in [0.29, 0.717) is 5.52 Å². The number of benzene rings is 2. The van der Waals surface area contributed by atoms with Crippen LogP contribution in [0.15, 0.2) is 42.5 Å². The molecule has 0 aliphatic rings. The fraction of sp³-hybridized carbons (Fsp3) is 0.316. The van der Waals surface area contributed by atoms with Crippen molar-refractivity contribution in [3.05, 3.63) is 42.5 Å². The number of rotatable bonds is 4. The van der Waals surface area contributed by atoms with E-state index in [0.717, 1.165) is 17.3 Å². The first-order chi connectivity index (χ1) is 12.9. The Kier molecular flexibility index (Phi) is 9.99. The molecule has 0 unspecified atom stereocenters. The van der Waals surface area contributed by atoms with Crippen LogP contribution in [0, 0.1) is 0 Å². The Balaban J connectivity index is 0. The molecule has 0 spiro atoms. The van der Waals surface area contributed by atoms with Gasteiger partial charge in [0.2, 0.25) is 0 Å². The van der Waals surface area contributed by atoms with Gasteiger partial charge in [0, 0.05) is 25.0 Å². The van der Waals surface area contributed by atoms with Gasteiger partial charge in [0.15, 0.2) is 0 Å². The zero-order valence-electron chi connectivity index (χ0n) is 16.9. The number of imidazole rings is 1. The first-order valence-electron chi connectivity index (χ1n) is 8.36. The van der Waals surface area contributed by atoms with Gasteiger partial charge in [0.05, 0.1) is 11.0 Å². The number of thiol groups is 1. The van der Waals surface area contributed by atoms with Gasteiger partial charge in [-0.3, -0.25) is 0 Å². The Morgan fingerprint density at radius 1 is 1.03 bits per heavy atom.